The van der Waals surface area contributed by atoms with Crippen molar-refractivity contribution in [2.24, 2.45) is 0 Å². The summed E-state index contributed by atoms with van der Waals surface area (Å²) in [4.78, 5) is 0.705. The zero-order valence-electron chi connectivity index (χ0n) is 5.15. The molecule has 0 aromatic heterocycles. The van der Waals surface area contributed by atoms with Gasteiger partial charge in [-0.1, -0.05) is 15.9 Å². The molecular formula is C6H12BrN. The number of alkyl halides is 1. The van der Waals surface area contributed by atoms with Crippen molar-refractivity contribution in [1.29, 1.82) is 0 Å². The van der Waals surface area contributed by atoms with Gasteiger partial charge in [0, 0.05) is 10.9 Å². The third kappa shape index (κ3) is 1.46. The molecule has 2 heteroatoms. The maximum absolute atomic E-state index is 3.59. The first-order valence-corrected chi connectivity index (χ1v) is 4.10. The average molecular weight is 178 g/mol. The Balaban J connectivity index is 2.28. The van der Waals surface area contributed by atoms with Crippen molar-refractivity contribution in [3.05, 3.63) is 0 Å². The van der Waals surface area contributed by atoms with Crippen LogP contribution in [0.1, 0.15) is 19.8 Å². The van der Waals surface area contributed by atoms with Gasteiger partial charge < -0.3 is 5.32 Å². The summed E-state index contributed by atoms with van der Waals surface area (Å²) in [5.74, 6) is 0. The first kappa shape index (κ1) is 6.56. The van der Waals surface area contributed by atoms with Crippen LogP contribution >= 0.6 is 15.9 Å². The number of hydrogen-bond acceptors (Lipinski definition) is 1. The van der Waals surface area contributed by atoms with E-state index in [9.17, 15) is 0 Å². The second kappa shape index (κ2) is 2.83. The second-order valence-electron chi connectivity index (χ2n) is 2.40. The molecule has 0 aromatic rings. The van der Waals surface area contributed by atoms with Crippen LogP contribution in [0.25, 0.3) is 0 Å². The lowest BCUT2D eigenvalue weighted by Gasteiger charge is -2.24. The molecule has 1 aliphatic heterocycles. The van der Waals surface area contributed by atoms with E-state index in [1.165, 1.54) is 19.4 Å². The van der Waals surface area contributed by atoms with Gasteiger partial charge in [-0.2, -0.15) is 0 Å². The molecule has 0 spiro atoms. The fourth-order valence-corrected chi connectivity index (χ4v) is 1.52. The Kier molecular flexibility index (Phi) is 2.32. The van der Waals surface area contributed by atoms with Crippen LogP contribution in [-0.4, -0.2) is 17.4 Å². The third-order valence-electron chi connectivity index (χ3n) is 1.67. The molecule has 0 aliphatic carbocycles. The van der Waals surface area contributed by atoms with E-state index in [1.807, 2.05) is 0 Å². The quantitative estimate of drug-likeness (QED) is 0.554. The van der Waals surface area contributed by atoms with E-state index >= 15 is 0 Å². The van der Waals surface area contributed by atoms with Gasteiger partial charge >= 0.3 is 0 Å². The largest absolute Gasteiger partial charge is 0.313 e. The fourth-order valence-electron chi connectivity index (χ4n) is 1.00. The molecule has 0 bridgehead atoms. The highest BCUT2D eigenvalue weighted by molar-refractivity contribution is 9.09. The molecule has 1 aliphatic rings. The highest BCUT2D eigenvalue weighted by Gasteiger charge is 2.16. The molecule has 0 amide bonds. The minimum Gasteiger partial charge on any atom is -0.313 e. The molecule has 48 valence electrons. The zero-order valence-corrected chi connectivity index (χ0v) is 6.74. The smallest absolute Gasteiger partial charge is 0.0297 e. The minimum atomic E-state index is 0.670. The summed E-state index contributed by atoms with van der Waals surface area (Å²) in [7, 11) is 0. The highest BCUT2D eigenvalue weighted by Crippen LogP contribution is 2.15. The molecule has 1 fully saturated rings. The summed E-state index contributed by atoms with van der Waals surface area (Å²) in [5.41, 5.74) is 0. The molecule has 8 heavy (non-hydrogen) atoms. The summed E-state index contributed by atoms with van der Waals surface area (Å²) < 4.78 is 0. The van der Waals surface area contributed by atoms with Gasteiger partial charge in [-0.15, -0.1) is 0 Å². The lowest BCUT2D eigenvalue weighted by atomic mass is 10.1. The van der Waals surface area contributed by atoms with Gasteiger partial charge in [-0.25, -0.2) is 0 Å². The van der Waals surface area contributed by atoms with E-state index in [1.54, 1.807) is 0 Å². The van der Waals surface area contributed by atoms with Gasteiger partial charge in [0.15, 0.2) is 0 Å². The molecule has 1 N–H and O–H groups in total. The van der Waals surface area contributed by atoms with Gasteiger partial charge in [-0.05, 0) is 26.3 Å². The van der Waals surface area contributed by atoms with E-state index in [-0.39, 0.29) is 0 Å². The zero-order chi connectivity index (χ0) is 5.98. The van der Waals surface area contributed by atoms with Crippen LogP contribution in [-0.2, 0) is 0 Å². The Labute approximate surface area is 59.0 Å². The van der Waals surface area contributed by atoms with E-state index in [2.05, 4.69) is 28.2 Å². The minimum absolute atomic E-state index is 0.670. The number of halogens is 1. The highest BCUT2D eigenvalue weighted by atomic mass is 79.9. The summed E-state index contributed by atoms with van der Waals surface area (Å²) in [6.45, 7) is 3.42. The number of nitrogens with one attached hydrogen (secondary N) is 1. The van der Waals surface area contributed by atoms with Gasteiger partial charge in [-0.3, -0.25) is 0 Å². The van der Waals surface area contributed by atoms with Crippen LogP contribution in [0.15, 0.2) is 0 Å². The molecule has 2 atom stereocenters. The van der Waals surface area contributed by atoms with Crippen molar-refractivity contribution in [2.75, 3.05) is 6.54 Å². The molecule has 1 nitrogen and oxygen atoms in total. The van der Waals surface area contributed by atoms with Crippen molar-refractivity contribution in [3.8, 4) is 0 Å². The normalized spacial score (nSPS) is 39.8. The predicted octanol–water partition coefficient (Wildman–Crippen LogP) is 1.52. The summed E-state index contributed by atoms with van der Waals surface area (Å²) in [6.07, 6.45) is 2.65. The maximum atomic E-state index is 3.59. The summed E-state index contributed by atoms with van der Waals surface area (Å²) in [5, 5.41) is 3.38. The fraction of sp³-hybridized carbons (Fsp3) is 1.00. The standard InChI is InChI=1S/C6H12BrN/c1-5-6(7)3-2-4-8-5/h5-6,8H,2-4H2,1H3. The molecule has 0 radical (unpaired) electrons. The number of hydrogen-bond donors (Lipinski definition) is 1. The molecule has 0 aromatic carbocycles. The number of piperidine rings is 1. The van der Waals surface area contributed by atoms with Crippen LogP contribution < -0.4 is 5.32 Å². The predicted molar refractivity (Wildman–Crippen MR) is 39.4 cm³/mol. The third-order valence-corrected chi connectivity index (χ3v) is 2.92. The van der Waals surface area contributed by atoms with Gasteiger partial charge in [0.25, 0.3) is 0 Å². The van der Waals surface area contributed by atoms with Crippen LogP contribution in [0.2, 0.25) is 0 Å². The van der Waals surface area contributed by atoms with E-state index in [0.29, 0.717) is 10.9 Å². The van der Waals surface area contributed by atoms with Crippen molar-refractivity contribution >= 4 is 15.9 Å². The lowest BCUT2D eigenvalue weighted by Crippen LogP contribution is -2.39. The maximum Gasteiger partial charge on any atom is 0.0297 e. The van der Waals surface area contributed by atoms with Crippen LogP contribution in [0.5, 0.6) is 0 Å². The van der Waals surface area contributed by atoms with Crippen molar-refractivity contribution in [2.45, 2.75) is 30.6 Å². The van der Waals surface area contributed by atoms with E-state index in [0.717, 1.165) is 0 Å². The Hall–Kier alpha value is 0.440. The topological polar surface area (TPSA) is 12.0 Å². The average Bonchev–Trinajstić information content (AvgIpc) is 1.77. The van der Waals surface area contributed by atoms with Crippen molar-refractivity contribution in [1.82, 2.24) is 5.32 Å². The monoisotopic (exact) mass is 177 g/mol. The number of rotatable bonds is 0. The second-order valence-corrected chi connectivity index (χ2v) is 3.58. The molecule has 1 heterocycles. The molecule has 1 rings (SSSR count). The first-order chi connectivity index (χ1) is 3.80. The summed E-state index contributed by atoms with van der Waals surface area (Å²) in [6, 6.07) is 0.670. The van der Waals surface area contributed by atoms with Crippen molar-refractivity contribution in [3.63, 3.8) is 0 Å². The van der Waals surface area contributed by atoms with Crippen LogP contribution in [0.4, 0.5) is 0 Å². The van der Waals surface area contributed by atoms with Crippen LogP contribution in [0, 0.1) is 0 Å². The van der Waals surface area contributed by atoms with Crippen molar-refractivity contribution < 1.29 is 0 Å². The van der Waals surface area contributed by atoms with Gasteiger partial charge in [0.2, 0.25) is 0 Å². The van der Waals surface area contributed by atoms with Gasteiger partial charge in [0.1, 0.15) is 0 Å². The Morgan fingerprint density at radius 1 is 1.62 bits per heavy atom. The Morgan fingerprint density at radius 2 is 2.38 bits per heavy atom. The van der Waals surface area contributed by atoms with E-state index < -0.39 is 0 Å². The molecule has 0 saturated carbocycles. The lowest BCUT2D eigenvalue weighted by molar-refractivity contribution is 0.441. The van der Waals surface area contributed by atoms with Gasteiger partial charge in [0.05, 0.1) is 0 Å². The SMILES string of the molecule is CC1NCCCC1Br. The molecule has 2 unspecified atom stereocenters. The summed E-state index contributed by atoms with van der Waals surface area (Å²) >= 11 is 3.59. The first-order valence-electron chi connectivity index (χ1n) is 3.18. The Bertz CT molecular complexity index is 64.9. The van der Waals surface area contributed by atoms with Crippen LogP contribution in [0.3, 0.4) is 0 Å². The molecular weight excluding hydrogens is 166 g/mol. The van der Waals surface area contributed by atoms with E-state index in [4.69, 9.17) is 0 Å². The Morgan fingerprint density at radius 3 is 2.75 bits per heavy atom. The molecule has 1 saturated heterocycles.